The molecule has 5 heteroatoms. The van der Waals surface area contributed by atoms with E-state index < -0.39 is 6.29 Å². The molecule has 0 spiro atoms. The highest BCUT2D eigenvalue weighted by molar-refractivity contribution is 9.09. The van der Waals surface area contributed by atoms with Crippen LogP contribution in [0.15, 0.2) is 24.3 Å². The van der Waals surface area contributed by atoms with Gasteiger partial charge in [0.2, 0.25) is 6.29 Å². The Labute approximate surface area is 128 Å². The first-order chi connectivity index (χ1) is 9.71. The summed E-state index contributed by atoms with van der Waals surface area (Å²) < 4.78 is 16.0. The van der Waals surface area contributed by atoms with Crippen LogP contribution in [-0.4, -0.2) is 37.2 Å². The summed E-state index contributed by atoms with van der Waals surface area (Å²) in [5.41, 5.74) is 0.922. The molecule has 1 aromatic rings. The number of hydrogen-bond donors (Lipinski definition) is 0. The zero-order chi connectivity index (χ0) is 14.8. The second-order valence-electron chi connectivity index (χ2n) is 4.07. The molecule has 0 saturated carbocycles. The van der Waals surface area contributed by atoms with Crippen LogP contribution < -0.4 is 4.74 Å². The lowest BCUT2D eigenvalue weighted by atomic mass is 10.1. The van der Waals surface area contributed by atoms with E-state index in [4.69, 9.17) is 14.2 Å². The maximum absolute atomic E-state index is 12.1. The second kappa shape index (κ2) is 9.91. The molecule has 0 fully saturated rings. The summed E-state index contributed by atoms with van der Waals surface area (Å²) in [6.07, 6.45) is -0.474. The minimum absolute atomic E-state index is 0.0668. The number of ketones is 1. The van der Waals surface area contributed by atoms with Crippen molar-refractivity contribution in [1.29, 1.82) is 0 Å². The van der Waals surface area contributed by atoms with Crippen molar-refractivity contribution in [2.24, 2.45) is 0 Å². The van der Waals surface area contributed by atoms with E-state index in [0.717, 1.165) is 16.6 Å². The normalized spacial score (nSPS) is 10.8. The molecule has 0 aliphatic rings. The molecule has 0 amide bonds. The van der Waals surface area contributed by atoms with E-state index in [1.165, 1.54) is 0 Å². The van der Waals surface area contributed by atoms with Gasteiger partial charge in [-0.1, -0.05) is 28.1 Å². The van der Waals surface area contributed by atoms with Gasteiger partial charge >= 0.3 is 0 Å². The predicted molar refractivity (Wildman–Crippen MR) is 81.5 cm³/mol. The van der Waals surface area contributed by atoms with Gasteiger partial charge in [-0.25, -0.2) is 0 Å². The third-order valence-electron chi connectivity index (χ3n) is 2.55. The number of carbonyl (C=O) groups is 1. The Morgan fingerprint density at radius 3 is 2.25 bits per heavy atom. The number of Topliss-reactive ketones (excluding diaryl/α,β-unsaturated/α-hetero) is 1. The van der Waals surface area contributed by atoms with Crippen molar-refractivity contribution in [3.63, 3.8) is 0 Å². The van der Waals surface area contributed by atoms with Crippen molar-refractivity contribution in [2.75, 3.05) is 25.2 Å². The van der Waals surface area contributed by atoms with E-state index in [-0.39, 0.29) is 5.78 Å². The molecule has 1 aromatic carbocycles. The van der Waals surface area contributed by atoms with Gasteiger partial charge in [0, 0.05) is 25.0 Å². The highest BCUT2D eigenvalue weighted by atomic mass is 79.9. The topological polar surface area (TPSA) is 44.8 Å². The van der Waals surface area contributed by atoms with Crippen molar-refractivity contribution >= 4 is 21.7 Å². The lowest BCUT2D eigenvalue weighted by Gasteiger charge is -2.15. The molecule has 0 aliphatic carbocycles. The lowest BCUT2D eigenvalue weighted by Crippen LogP contribution is -2.29. The molecular formula is C15H21BrO4. The monoisotopic (exact) mass is 344 g/mol. The summed E-state index contributed by atoms with van der Waals surface area (Å²) in [6, 6.07) is 7.50. The number of ether oxygens (including phenoxy) is 3. The Hall–Kier alpha value is -0.910. The van der Waals surface area contributed by atoms with Crippen LogP contribution >= 0.6 is 15.9 Å². The SMILES string of the molecule is CCOC(OCC)C(=O)Cc1ccc(OCCBr)cc1. The fraction of sp³-hybridized carbons (Fsp3) is 0.533. The van der Waals surface area contributed by atoms with Gasteiger partial charge in [-0.2, -0.15) is 0 Å². The van der Waals surface area contributed by atoms with Gasteiger partial charge in [0.15, 0.2) is 5.78 Å². The van der Waals surface area contributed by atoms with E-state index >= 15 is 0 Å². The molecule has 0 saturated heterocycles. The summed E-state index contributed by atoms with van der Waals surface area (Å²) in [5.74, 6) is 0.731. The van der Waals surface area contributed by atoms with E-state index in [0.29, 0.717) is 26.2 Å². The molecule has 0 atom stereocenters. The molecule has 0 radical (unpaired) electrons. The Kier molecular flexibility index (Phi) is 8.49. The van der Waals surface area contributed by atoms with Crippen LogP contribution in [0.25, 0.3) is 0 Å². The largest absolute Gasteiger partial charge is 0.493 e. The number of carbonyl (C=O) groups excluding carboxylic acids is 1. The molecule has 0 heterocycles. The summed E-state index contributed by atoms with van der Waals surface area (Å²) in [4.78, 5) is 12.1. The first-order valence-corrected chi connectivity index (χ1v) is 7.87. The van der Waals surface area contributed by atoms with Crippen LogP contribution in [0.5, 0.6) is 5.75 Å². The van der Waals surface area contributed by atoms with Crippen LogP contribution in [0.1, 0.15) is 19.4 Å². The van der Waals surface area contributed by atoms with Crippen LogP contribution in [0.3, 0.4) is 0 Å². The maximum Gasteiger partial charge on any atom is 0.218 e. The van der Waals surface area contributed by atoms with Gasteiger partial charge in [-0.15, -0.1) is 0 Å². The van der Waals surface area contributed by atoms with Crippen molar-refractivity contribution in [3.05, 3.63) is 29.8 Å². The average molecular weight is 345 g/mol. The van der Waals surface area contributed by atoms with Crippen molar-refractivity contribution < 1.29 is 19.0 Å². The van der Waals surface area contributed by atoms with E-state index in [9.17, 15) is 4.79 Å². The first kappa shape index (κ1) is 17.1. The minimum Gasteiger partial charge on any atom is -0.493 e. The van der Waals surface area contributed by atoms with Crippen LogP contribution in [-0.2, 0) is 20.7 Å². The van der Waals surface area contributed by atoms with Crippen molar-refractivity contribution in [2.45, 2.75) is 26.6 Å². The Bertz CT molecular complexity index is 385. The highest BCUT2D eigenvalue weighted by Crippen LogP contribution is 2.14. The smallest absolute Gasteiger partial charge is 0.218 e. The molecular weight excluding hydrogens is 324 g/mol. The molecule has 0 N–H and O–H groups in total. The number of alkyl halides is 1. The minimum atomic E-state index is -0.769. The molecule has 112 valence electrons. The quantitative estimate of drug-likeness (QED) is 0.483. The maximum atomic E-state index is 12.1. The van der Waals surface area contributed by atoms with E-state index in [2.05, 4.69) is 15.9 Å². The third kappa shape index (κ3) is 6.03. The zero-order valence-electron chi connectivity index (χ0n) is 11.9. The fourth-order valence-electron chi connectivity index (χ4n) is 1.68. The lowest BCUT2D eigenvalue weighted by molar-refractivity contribution is -0.167. The summed E-state index contributed by atoms with van der Waals surface area (Å²) >= 11 is 3.30. The fourth-order valence-corrected chi connectivity index (χ4v) is 1.84. The van der Waals surface area contributed by atoms with Crippen LogP contribution in [0.2, 0.25) is 0 Å². The standard InChI is InChI=1S/C15H21BrO4/c1-3-18-15(19-4-2)14(17)11-12-5-7-13(8-6-12)20-10-9-16/h5-8,15H,3-4,9-11H2,1-2H3. The van der Waals surface area contributed by atoms with Crippen LogP contribution in [0.4, 0.5) is 0 Å². The number of halogens is 1. The third-order valence-corrected chi connectivity index (χ3v) is 2.87. The molecule has 4 nitrogen and oxygen atoms in total. The van der Waals surface area contributed by atoms with Gasteiger partial charge in [-0.05, 0) is 31.5 Å². The van der Waals surface area contributed by atoms with E-state index in [1.807, 2.05) is 38.1 Å². The van der Waals surface area contributed by atoms with Gasteiger partial charge in [0.25, 0.3) is 0 Å². The Balaban J connectivity index is 2.55. The molecule has 1 rings (SSSR count). The van der Waals surface area contributed by atoms with Gasteiger partial charge < -0.3 is 14.2 Å². The molecule has 0 bridgehead atoms. The summed E-state index contributed by atoms with van der Waals surface area (Å²) in [7, 11) is 0. The average Bonchev–Trinajstić information content (AvgIpc) is 2.46. The van der Waals surface area contributed by atoms with Crippen LogP contribution in [0, 0.1) is 0 Å². The first-order valence-electron chi connectivity index (χ1n) is 6.74. The zero-order valence-corrected chi connectivity index (χ0v) is 13.5. The second-order valence-corrected chi connectivity index (χ2v) is 4.86. The molecule has 0 aliphatic heterocycles. The molecule has 20 heavy (non-hydrogen) atoms. The van der Waals surface area contributed by atoms with Gasteiger partial charge in [0.05, 0.1) is 6.61 Å². The summed E-state index contributed by atoms with van der Waals surface area (Å²) in [6.45, 7) is 5.21. The Morgan fingerprint density at radius 1 is 1.15 bits per heavy atom. The molecule has 0 aromatic heterocycles. The number of hydrogen-bond acceptors (Lipinski definition) is 4. The van der Waals surface area contributed by atoms with Crippen molar-refractivity contribution in [1.82, 2.24) is 0 Å². The number of rotatable bonds is 10. The van der Waals surface area contributed by atoms with Crippen molar-refractivity contribution in [3.8, 4) is 5.75 Å². The van der Waals surface area contributed by atoms with E-state index in [1.54, 1.807) is 0 Å². The predicted octanol–water partition coefficient (Wildman–Crippen LogP) is 2.97. The van der Waals surface area contributed by atoms with Gasteiger partial charge in [0.1, 0.15) is 5.75 Å². The van der Waals surface area contributed by atoms with Gasteiger partial charge in [-0.3, -0.25) is 4.79 Å². The number of benzene rings is 1. The summed E-state index contributed by atoms with van der Waals surface area (Å²) in [5, 5.41) is 0.789. The Morgan fingerprint density at radius 2 is 1.75 bits per heavy atom. The molecule has 0 unspecified atom stereocenters. The highest BCUT2D eigenvalue weighted by Gasteiger charge is 2.18.